The summed E-state index contributed by atoms with van der Waals surface area (Å²) in [5.74, 6) is -0.0157. The number of rotatable bonds is 4. The maximum atomic E-state index is 9.60. The second kappa shape index (κ2) is 6.15. The van der Waals surface area contributed by atoms with Gasteiger partial charge >= 0.3 is 0 Å². The minimum Gasteiger partial charge on any atom is -0.508 e. The molecule has 0 radical (unpaired) electrons. The molecule has 22 heavy (non-hydrogen) atoms. The highest BCUT2D eigenvalue weighted by atomic mass is 16.5. The van der Waals surface area contributed by atoms with E-state index in [1.54, 1.807) is 12.3 Å². The molecule has 114 valence electrons. The molecular formula is C17H19N3O2. The molecule has 0 saturated carbocycles. The van der Waals surface area contributed by atoms with E-state index in [1.807, 2.05) is 22.9 Å². The highest BCUT2D eigenvalue weighted by molar-refractivity contribution is 5.75. The number of hydrogen-bond donors (Lipinski definition) is 1. The van der Waals surface area contributed by atoms with Gasteiger partial charge in [-0.15, -0.1) is 0 Å². The number of hydrogen-bond acceptors (Lipinski definition) is 4. The Morgan fingerprint density at radius 3 is 2.91 bits per heavy atom. The quantitative estimate of drug-likeness (QED) is 0.682. The average molecular weight is 297 g/mol. The van der Waals surface area contributed by atoms with Gasteiger partial charge in [0.25, 0.3) is 0 Å². The van der Waals surface area contributed by atoms with Gasteiger partial charge in [0.05, 0.1) is 11.4 Å². The van der Waals surface area contributed by atoms with E-state index in [9.17, 15) is 5.11 Å². The number of aliphatic imine (C=N–C) groups is 1. The fourth-order valence-corrected chi connectivity index (χ4v) is 2.75. The van der Waals surface area contributed by atoms with E-state index in [2.05, 4.69) is 23.4 Å². The third kappa shape index (κ3) is 2.67. The lowest BCUT2D eigenvalue weighted by Gasteiger charge is -2.24. The van der Waals surface area contributed by atoms with Crippen LogP contribution >= 0.6 is 0 Å². The third-order valence-corrected chi connectivity index (χ3v) is 3.87. The molecule has 1 saturated heterocycles. The number of benzene rings is 1. The summed E-state index contributed by atoms with van der Waals surface area (Å²) in [4.78, 5) is 3.97. The van der Waals surface area contributed by atoms with Gasteiger partial charge in [-0.1, -0.05) is 12.6 Å². The SMILES string of the molecule is C=Nc1cc(-c2ccnn2C2CCCCO2)ccc1C(=C)O. The van der Waals surface area contributed by atoms with Crippen LogP contribution in [0.3, 0.4) is 0 Å². The second-order valence-corrected chi connectivity index (χ2v) is 5.32. The van der Waals surface area contributed by atoms with Crippen molar-refractivity contribution in [2.45, 2.75) is 25.5 Å². The Morgan fingerprint density at radius 1 is 1.36 bits per heavy atom. The summed E-state index contributed by atoms with van der Waals surface area (Å²) in [7, 11) is 0. The zero-order valence-electron chi connectivity index (χ0n) is 12.4. The maximum Gasteiger partial charge on any atom is 0.150 e. The highest BCUT2D eigenvalue weighted by Crippen LogP contribution is 2.32. The van der Waals surface area contributed by atoms with E-state index in [4.69, 9.17) is 4.74 Å². The van der Waals surface area contributed by atoms with Crippen LogP contribution in [0.1, 0.15) is 31.1 Å². The van der Waals surface area contributed by atoms with Gasteiger partial charge in [-0.3, -0.25) is 4.99 Å². The fraction of sp³-hybridized carbons (Fsp3) is 0.294. The van der Waals surface area contributed by atoms with Crippen molar-refractivity contribution < 1.29 is 9.84 Å². The van der Waals surface area contributed by atoms with Crippen molar-refractivity contribution in [3.63, 3.8) is 0 Å². The lowest BCUT2D eigenvalue weighted by Crippen LogP contribution is -2.19. The molecule has 1 N–H and O–H groups in total. The molecule has 0 aliphatic carbocycles. The third-order valence-electron chi connectivity index (χ3n) is 3.87. The first-order valence-electron chi connectivity index (χ1n) is 7.35. The molecule has 2 heterocycles. The first kappa shape index (κ1) is 14.5. The summed E-state index contributed by atoms with van der Waals surface area (Å²) in [6.07, 6.45) is 4.96. The van der Waals surface area contributed by atoms with E-state index >= 15 is 0 Å². The first-order chi connectivity index (χ1) is 10.7. The number of aliphatic hydroxyl groups excluding tert-OH is 1. The van der Waals surface area contributed by atoms with Gasteiger partial charge in [0.2, 0.25) is 0 Å². The number of nitrogens with zero attached hydrogens (tertiary/aromatic N) is 3. The molecule has 3 rings (SSSR count). The predicted octanol–water partition coefficient (Wildman–Crippen LogP) is 4.11. The van der Waals surface area contributed by atoms with Crippen molar-refractivity contribution in [2.75, 3.05) is 6.61 Å². The van der Waals surface area contributed by atoms with Crippen molar-refractivity contribution >= 4 is 18.2 Å². The van der Waals surface area contributed by atoms with Gasteiger partial charge in [-0.25, -0.2) is 4.68 Å². The van der Waals surface area contributed by atoms with E-state index in [0.29, 0.717) is 11.3 Å². The average Bonchev–Trinajstić information content (AvgIpc) is 3.04. The van der Waals surface area contributed by atoms with Crippen LogP contribution in [-0.2, 0) is 4.74 Å². The molecule has 1 fully saturated rings. The predicted molar refractivity (Wildman–Crippen MR) is 87.4 cm³/mol. The number of ether oxygens (including phenoxy) is 1. The second-order valence-electron chi connectivity index (χ2n) is 5.32. The summed E-state index contributed by atoms with van der Waals surface area (Å²) in [5, 5.41) is 14.0. The van der Waals surface area contributed by atoms with Gasteiger partial charge in [-0.05, 0) is 44.2 Å². The molecule has 2 aromatic rings. The minimum absolute atomic E-state index is 0.0157. The molecule has 1 unspecified atom stereocenters. The van der Waals surface area contributed by atoms with Crippen molar-refractivity contribution in [1.29, 1.82) is 0 Å². The van der Waals surface area contributed by atoms with Gasteiger partial charge in [0, 0.05) is 23.9 Å². The zero-order valence-corrected chi connectivity index (χ0v) is 12.4. The monoisotopic (exact) mass is 297 g/mol. The molecule has 0 bridgehead atoms. The lowest BCUT2D eigenvalue weighted by molar-refractivity contribution is -0.0383. The summed E-state index contributed by atoms with van der Waals surface area (Å²) in [6, 6.07) is 7.54. The van der Waals surface area contributed by atoms with E-state index < -0.39 is 0 Å². The van der Waals surface area contributed by atoms with Crippen LogP contribution in [0.5, 0.6) is 0 Å². The van der Waals surface area contributed by atoms with Crippen molar-refractivity contribution in [2.24, 2.45) is 4.99 Å². The fourth-order valence-electron chi connectivity index (χ4n) is 2.75. The highest BCUT2D eigenvalue weighted by Gasteiger charge is 2.20. The molecule has 5 heteroatoms. The van der Waals surface area contributed by atoms with Crippen molar-refractivity contribution in [3.05, 3.63) is 42.6 Å². The van der Waals surface area contributed by atoms with Crippen LogP contribution in [0.25, 0.3) is 17.0 Å². The molecule has 1 aliphatic heterocycles. The van der Waals surface area contributed by atoms with E-state index in [1.165, 1.54) is 0 Å². The van der Waals surface area contributed by atoms with Crippen molar-refractivity contribution in [1.82, 2.24) is 9.78 Å². The van der Waals surface area contributed by atoms with Crippen LogP contribution < -0.4 is 0 Å². The first-order valence-corrected chi connectivity index (χ1v) is 7.35. The topological polar surface area (TPSA) is 59.6 Å². The van der Waals surface area contributed by atoms with Gasteiger partial charge in [-0.2, -0.15) is 5.10 Å². The number of aromatic nitrogens is 2. The zero-order chi connectivity index (χ0) is 15.5. The van der Waals surface area contributed by atoms with Crippen LogP contribution in [0.4, 0.5) is 5.69 Å². The van der Waals surface area contributed by atoms with Crippen LogP contribution in [0.2, 0.25) is 0 Å². The molecule has 1 aromatic heterocycles. The molecule has 1 aromatic carbocycles. The molecular weight excluding hydrogens is 278 g/mol. The smallest absolute Gasteiger partial charge is 0.150 e. The summed E-state index contributed by atoms with van der Waals surface area (Å²) >= 11 is 0. The van der Waals surface area contributed by atoms with Crippen molar-refractivity contribution in [3.8, 4) is 11.3 Å². The molecule has 5 nitrogen and oxygen atoms in total. The summed E-state index contributed by atoms with van der Waals surface area (Å²) < 4.78 is 7.73. The Bertz CT molecular complexity index is 700. The standard InChI is InChI=1S/C17H19N3O2/c1-12(21)14-7-6-13(11-15(14)18-2)16-8-9-19-20(16)17-5-3-4-10-22-17/h6-9,11,17,21H,1-5,10H2. The van der Waals surface area contributed by atoms with Crippen LogP contribution in [0.15, 0.2) is 42.0 Å². The Kier molecular flexibility index (Phi) is 4.06. The Labute approximate surface area is 129 Å². The Morgan fingerprint density at radius 2 is 2.23 bits per heavy atom. The lowest BCUT2D eigenvalue weighted by atomic mass is 10.1. The van der Waals surface area contributed by atoms with Gasteiger partial charge < -0.3 is 9.84 Å². The van der Waals surface area contributed by atoms with Crippen LogP contribution in [0, 0.1) is 0 Å². The van der Waals surface area contributed by atoms with E-state index in [-0.39, 0.29) is 12.0 Å². The summed E-state index contributed by atoms with van der Waals surface area (Å²) in [5.41, 5.74) is 3.10. The Balaban J connectivity index is 1.99. The summed E-state index contributed by atoms with van der Waals surface area (Å²) in [6.45, 7) is 7.88. The Hall–Kier alpha value is -2.40. The van der Waals surface area contributed by atoms with Gasteiger partial charge in [0.15, 0.2) is 6.23 Å². The van der Waals surface area contributed by atoms with Crippen LogP contribution in [-0.4, -0.2) is 28.2 Å². The molecule has 1 aliphatic rings. The normalized spacial score (nSPS) is 18.1. The molecule has 1 atom stereocenters. The molecule has 0 amide bonds. The van der Waals surface area contributed by atoms with E-state index in [0.717, 1.165) is 37.1 Å². The maximum absolute atomic E-state index is 9.60. The molecule has 0 spiro atoms. The largest absolute Gasteiger partial charge is 0.508 e. The van der Waals surface area contributed by atoms with Gasteiger partial charge in [0.1, 0.15) is 5.76 Å². The number of aliphatic hydroxyl groups is 1. The minimum atomic E-state index is -0.0219.